The Labute approximate surface area is 186 Å². The molecule has 2 N–H and O–H groups in total. The van der Waals surface area contributed by atoms with Crippen LogP contribution in [-0.2, 0) is 17.8 Å². The van der Waals surface area contributed by atoms with Crippen molar-refractivity contribution in [1.82, 2.24) is 5.32 Å². The molecule has 4 aromatic rings. The highest BCUT2D eigenvalue weighted by Gasteiger charge is 2.15. The number of ether oxygens (including phenoxy) is 1. The molecule has 2 amide bonds. The van der Waals surface area contributed by atoms with Gasteiger partial charge in [-0.25, -0.2) is 0 Å². The van der Waals surface area contributed by atoms with Gasteiger partial charge < -0.3 is 19.8 Å². The third-order valence-corrected chi connectivity index (χ3v) is 5.23. The summed E-state index contributed by atoms with van der Waals surface area (Å²) in [6.07, 6.45) is 1.70. The van der Waals surface area contributed by atoms with Gasteiger partial charge in [-0.3, -0.25) is 9.59 Å². The first kappa shape index (κ1) is 21.2. The Kier molecular flexibility index (Phi) is 6.22. The third kappa shape index (κ3) is 4.81. The van der Waals surface area contributed by atoms with Crippen LogP contribution in [-0.4, -0.2) is 18.9 Å². The SMILES string of the molecule is COc1ccc2c(CC(=O)Nc3ccccc3C(=O)NCc3ccc(C)cc3)coc2c1. The van der Waals surface area contributed by atoms with Gasteiger partial charge in [0.25, 0.3) is 5.91 Å². The Bertz CT molecular complexity index is 1260. The topological polar surface area (TPSA) is 80.6 Å². The number of nitrogens with one attached hydrogen (secondary N) is 2. The fourth-order valence-electron chi connectivity index (χ4n) is 3.47. The summed E-state index contributed by atoms with van der Waals surface area (Å²) < 4.78 is 10.8. The summed E-state index contributed by atoms with van der Waals surface area (Å²) in [5, 5.41) is 6.62. The van der Waals surface area contributed by atoms with Gasteiger partial charge >= 0.3 is 0 Å². The second-order valence-corrected chi connectivity index (χ2v) is 7.56. The third-order valence-electron chi connectivity index (χ3n) is 5.23. The van der Waals surface area contributed by atoms with E-state index in [1.807, 2.05) is 43.3 Å². The van der Waals surface area contributed by atoms with E-state index >= 15 is 0 Å². The Hall–Kier alpha value is -4.06. The number of amides is 2. The van der Waals surface area contributed by atoms with Crippen LogP contribution in [0.25, 0.3) is 11.0 Å². The maximum absolute atomic E-state index is 12.8. The number of anilines is 1. The molecule has 0 saturated heterocycles. The van der Waals surface area contributed by atoms with Crippen molar-refractivity contribution in [2.75, 3.05) is 12.4 Å². The lowest BCUT2D eigenvalue weighted by molar-refractivity contribution is -0.115. The van der Waals surface area contributed by atoms with Crippen molar-refractivity contribution < 1.29 is 18.7 Å². The van der Waals surface area contributed by atoms with Gasteiger partial charge in [0.1, 0.15) is 11.3 Å². The molecular formula is C26H24N2O4. The number of benzene rings is 3. The standard InChI is InChI=1S/C26H24N2O4/c1-17-7-9-18(10-8-17)15-27-26(30)22-5-3-4-6-23(22)28-25(29)13-19-16-32-24-14-20(31-2)11-12-21(19)24/h3-12,14,16H,13,15H2,1-2H3,(H,27,30)(H,28,29). The fraction of sp³-hybridized carbons (Fsp3) is 0.154. The van der Waals surface area contributed by atoms with Crippen molar-refractivity contribution in [1.29, 1.82) is 0 Å². The molecule has 32 heavy (non-hydrogen) atoms. The summed E-state index contributed by atoms with van der Waals surface area (Å²) in [4.78, 5) is 25.5. The molecule has 0 aliphatic rings. The molecular weight excluding hydrogens is 404 g/mol. The molecule has 1 heterocycles. The van der Waals surface area contributed by atoms with Crippen LogP contribution in [0.1, 0.15) is 27.0 Å². The first-order chi connectivity index (χ1) is 15.5. The predicted molar refractivity (Wildman–Crippen MR) is 124 cm³/mol. The van der Waals surface area contributed by atoms with Crippen LogP contribution in [0.4, 0.5) is 5.69 Å². The quantitative estimate of drug-likeness (QED) is 0.440. The molecule has 1 aromatic heterocycles. The highest BCUT2D eigenvalue weighted by atomic mass is 16.5. The summed E-state index contributed by atoms with van der Waals surface area (Å²) in [6.45, 7) is 2.43. The van der Waals surface area contributed by atoms with E-state index in [0.29, 0.717) is 29.1 Å². The van der Waals surface area contributed by atoms with E-state index in [1.165, 1.54) is 0 Å². The zero-order chi connectivity index (χ0) is 22.5. The minimum absolute atomic E-state index is 0.124. The molecule has 0 unspecified atom stereocenters. The molecule has 0 saturated carbocycles. The van der Waals surface area contributed by atoms with Gasteiger partial charge in [-0.05, 0) is 36.8 Å². The van der Waals surface area contributed by atoms with Gasteiger partial charge in [0.15, 0.2) is 0 Å². The maximum atomic E-state index is 12.8. The molecule has 4 rings (SSSR count). The van der Waals surface area contributed by atoms with E-state index in [4.69, 9.17) is 9.15 Å². The normalized spacial score (nSPS) is 10.7. The number of aryl methyl sites for hydroxylation is 1. The van der Waals surface area contributed by atoms with Crippen molar-refractivity contribution in [3.05, 3.63) is 95.2 Å². The lowest BCUT2D eigenvalue weighted by Crippen LogP contribution is -2.25. The Morgan fingerprint density at radius 1 is 1.00 bits per heavy atom. The second kappa shape index (κ2) is 9.39. The van der Waals surface area contributed by atoms with Gasteiger partial charge in [-0.15, -0.1) is 0 Å². The number of furan rings is 1. The molecule has 0 fully saturated rings. The number of rotatable bonds is 7. The minimum atomic E-state index is -0.248. The number of para-hydroxylation sites is 1. The van der Waals surface area contributed by atoms with E-state index in [-0.39, 0.29) is 18.2 Å². The number of carbonyl (C=O) groups excluding carboxylic acids is 2. The Balaban J connectivity index is 1.43. The van der Waals surface area contributed by atoms with Gasteiger partial charge in [-0.2, -0.15) is 0 Å². The van der Waals surface area contributed by atoms with Gasteiger partial charge in [0.05, 0.1) is 31.0 Å². The summed E-state index contributed by atoms with van der Waals surface area (Å²) in [6, 6.07) is 20.4. The first-order valence-corrected chi connectivity index (χ1v) is 10.3. The molecule has 0 spiro atoms. The number of hydrogen-bond donors (Lipinski definition) is 2. The highest BCUT2D eigenvalue weighted by Crippen LogP contribution is 2.26. The van der Waals surface area contributed by atoms with E-state index < -0.39 is 0 Å². The second-order valence-electron chi connectivity index (χ2n) is 7.56. The lowest BCUT2D eigenvalue weighted by Gasteiger charge is -2.11. The van der Waals surface area contributed by atoms with Gasteiger partial charge in [0, 0.05) is 23.6 Å². The zero-order valence-corrected chi connectivity index (χ0v) is 18.0. The number of carbonyl (C=O) groups is 2. The van der Waals surface area contributed by atoms with Crippen LogP contribution in [0.5, 0.6) is 5.75 Å². The average molecular weight is 428 g/mol. The van der Waals surface area contributed by atoms with Crippen LogP contribution >= 0.6 is 0 Å². The van der Waals surface area contributed by atoms with E-state index in [1.54, 1.807) is 43.7 Å². The van der Waals surface area contributed by atoms with Crippen molar-refractivity contribution in [3.63, 3.8) is 0 Å². The van der Waals surface area contributed by atoms with Crippen molar-refractivity contribution in [2.24, 2.45) is 0 Å². The molecule has 0 aliphatic carbocycles. The number of hydrogen-bond acceptors (Lipinski definition) is 4. The molecule has 0 aliphatic heterocycles. The van der Waals surface area contributed by atoms with E-state index in [2.05, 4.69) is 10.6 Å². The smallest absolute Gasteiger partial charge is 0.253 e. The maximum Gasteiger partial charge on any atom is 0.253 e. The van der Waals surface area contributed by atoms with Crippen LogP contribution in [0, 0.1) is 6.92 Å². The predicted octanol–water partition coefficient (Wildman–Crippen LogP) is 4.86. The highest BCUT2D eigenvalue weighted by molar-refractivity contribution is 6.04. The molecule has 6 heteroatoms. The molecule has 0 atom stereocenters. The van der Waals surface area contributed by atoms with Crippen LogP contribution in [0.3, 0.4) is 0 Å². The van der Waals surface area contributed by atoms with E-state index in [9.17, 15) is 9.59 Å². The zero-order valence-electron chi connectivity index (χ0n) is 18.0. The van der Waals surface area contributed by atoms with Crippen molar-refractivity contribution >= 4 is 28.5 Å². The Morgan fingerprint density at radius 3 is 2.56 bits per heavy atom. The molecule has 0 radical (unpaired) electrons. The summed E-state index contributed by atoms with van der Waals surface area (Å²) >= 11 is 0. The first-order valence-electron chi connectivity index (χ1n) is 10.3. The van der Waals surface area contributed by atoms with Crippen molar-refractivity contribution in [2.45, 2.75) is 19.9 Å². The van der Waals surface area contributed by atoms with Gasteiger partial charge in [-0.1, -0.05) is 42.0 Å². The minimum Gasteiger partial charge on any atom is -0.497 e. The van der Waals surface area contributed by atoms with Crippen LogP contribution in [0.15, 0.2) is 77.4 Å². The van der Waals surface area contributed by atoms with Crippen LogP contribution in [0.2, 0.25) is 0 Å². The molecule has 162 valence electrons. The van der Waals surface area contributed by atoms with Gasteiger partial charge in [0.2, 0.25) is 5.91 Å². The molecule has 6 nitrogen and oxygen atoms in total. The summed E-state index contributed by atoms with van der Waals surface area (Å²) in [5.41, 5.74) is 4.47. The summed E-state index contributed by atoms with van der Waals surface area (Å²) in [5.74, 6) is 0.207. The summed E-state index contributed by atoms with van der Waals surface area (Å²) in [7, 11) is 1.59. The average Bonchev–Trinajstić information content (AvgIpc) is 3.20. The lowest BCUT2D eigenvalue weighted by atomic mass is 10.1. The Morgan fingerprint density at radius 2 is 1.78 bits per heavy atom. The largest absolute Gasteiger partial charge is 0.497 e. The monoisotopic (exact) mass is 428 g/mol. The molecule has 0 bridgehead atoms. The fourth-order valence-corrected chi connectivity index (χ4v) is 3.47. The number of fused-ring (bicyclic) bond motifs is 1. The van der Waals surface area contributed by atoms with Crippen molar-refractivity contribution in [3.8, 4) is 5.75 Å². The number of methoxy groups -OCH3 is 1. The van der Waals surface area contributed by atoms with E-state index in [0.717, 1.165) is 22.1 Å². The molecule has 3 aromatic carbocycles. The van der Waals surface area contributed by atoms with Crippen LogP contribution < -0.4 is 15.4 Å².